The Labute approximate surface area is 79.8 Å². The van der Waals surface area contributed by atoms with E-state index in [-0.39, 0.29) is 0 Å². The van der Waals surface area contributed by atoms with E-state index in [1.54, 1.807) is 0 Å². The van der Waals surface area contributed by atoms with Crippen LogP contribution < -0.4 is 5.32 Å². The molecule has 0 aromatic rings. The SMILES string of the molecule is CC(C)CNCC(O)C1=CCCO1. The number of hydrogen-bond donors (Lipinski definition) is 2. The number of rotatable bonds is 5. The van der Waals surface area contributed by atoms with Crippen LogP contribution >= 0.6 is 0 Å². The van der Waals surface area contributed by atoms with Crippen LogP contribution in [0.5, 0.6) is 0 Å². The zero-order chi connectivity index (χ0) is 9.68. The Kier molecular flexibility index (Phi) is 4.25. The first-order valence-corrected chi connectivity index (χ1v) is 4.91. The van der Waals surface area contributed by atoms with Gasteiger partial charge in [0.25, 0.3) is 0 Å². The Morgan fingerprint density at radius 2 is 2.31 bits per heavy atom. The van der Waals surface area contributed by atoms with Crippen LogP contribution in [0.4, 0.5) is 0 Å². The Hall–Kier alpha value is -0.540. The monoisotopic (exact) mass is 185 g/mol. The van der Waals surface area contributed by atoms with E-state index in [4.69, 9.17) is 4.74 Å². The second-order valence-corrected chi connectivity index (χ2v) is 3.81. The van der Waals surface area contributed by atoms with Crippen LogP contribution in [-0.2, 0) is 4.74 Å². The zero-order valence-corrected chi connectivity index (χ0v) is 8.42. The molecule has 76 valence electrons. The summed E-state index contributed by atoms with van der Waals surface area (Å²) < 4.78 is 5.24. The molecule has 3 nitrogen and oxygen atoms in total. The van der Waals surface area contributed by atoms with Gasteiger partial charge in [-0.15, -0.1) is 0 Å². The van der Waals surface area contributed by atoms with Gasteiger partial charge in [-0.3, -0.25) is 0 Å². The number of aliphatic hydroxyl groups excluding tert-OH is 1. The normalized spacial score (nSPS) is 18.6. The van der Waals surface area contributed by atoms with Gasteiger partial charge in [0.2, 0.25) is 0 Å². The third-order valence-electron chi connectivity index (χ3n) is 1.95. The average Bonchev–Trinajstić information content (AvgIpc) is 2.55. The van der Waals surface area contributed by atoms with E-state index in [2.05, 4.69) is 19.2 Å². The predicted molar refractivity (Wildman–Crippen MR) is 52.4 cm³/mol. The van der Waals surface area contributed by atoms with Gasteiger partial charge in [0, 0.05) is 13.0 Å². The molecule has 3 heteroatoms. The van der Waals surface area contributed by atoms with Crippen molar-refractivity contribution in [1.29, 1.82) is 0 Å². The number of aliphatic hydroxyl groups is 1. The highest BCUT2D eigenvalue weighted by Crippen LogP contribution is 2.12. The minimum atomic E-state index is -0.471. The molecule has 1 heterocycles. The van der Waals surface area contributed by atoms with Crippen molar-refractivity contribution in [3.05, 3.63) is 11.8 Å². The Morgan fingerprint density at radius 1 is 1.54 bits per heavy atom. The maximum atomic E-state index is 9.61. The number of ether oxygens (including phenoxy) is 1. The van der Waals surface area contributed by atoms with Crippen molar-refractivity contribution in [2.24, 2.45) is 5.92 Å². The maximum absolute atomic E-state index is 9.61. The van der Waals surface area contributed by atoms with E-state index in [1.165, 1.54) is 0 Å². The summed E-state index contributed by atoms with van der Waals surface area (Å²) in [6.45, 7) is 6.53. The first-order chi connectivity index (χ1) is 6.20. The average molecular weight is 185 g/mol. The molecule has 2 N–H and O–H groups in total. The molecule has 0 aromatic heterocycles. The van der Waals surface area contributed by atoms with Crippen molar-refractivity contribution < 1.29 is 9.84 Å². The van der Waals surface area contributed by atoms with Crippen molar-refractivity contribution in [2.45, 2.75) is 26.4 Å². The molecule has 1 unspecified atom stereocenters. The standard InChI is InChI=1S/C10H19NO2/c1-8(2)6-11-7-9(12)10-4-3-5-13-10/h4,8-9,11-12H,3,5-7H2,1-2H3. The van der Waals surface area contributed by atoms with Crippen LogP contribution in [0.3, 0.4) is 0 Å². The number of nitrogens with one attached hydrogen (secondary N) is 1. The summed E-state index contributed by atoms with van der Waals surface area (Å²) in [5.41, 5.74) is 0. The molecule has 1 aliphatic rings. The quantitative estimate of drug-likeness (QED) is 0.668. The third kappa shape index (κ3) is 3.79. The Balaban J connectivity index is 2.13. The van der Waals surface area contributed by atoms with Crippen molar-refractivity contribution in [1.82, 2.24) is 5.32 Å². The van der Waals surface area contributed by atoms with Crippen LogP contribution in [0.15, 0.2) is 11.8 Å². The molecule has 0 spiro atoms. The minimum absolute atomic E-state index is 0.471. The lowest BCUT2D eigenvalue weighted by atomic mass is 10.2. The topological polar surface area (TPSA) is 41.5 Å². The largest absolute Gasteiger partial charge is 0.495 e. The highest BCUT2D eigenvalue weighted by molar-refractivity contribution is 5.04. The van der Waals surface area contributed by atoms with Crippen molar-refractivity contribution in [2.75, 3.05) is 19.7 Å². The van der Waals surface area contributed by atoms with Gasteiger partial charge in [0.05, 0.1) is 6.61 Å². The number of hydrogen-bond acceptors (Lipinski definition) is 3. The fraction of sp³-hybridized carbons (Fsp3) is 0.800. The molecule has 1 aliphatic heterocycles. The fourth-order valence-electron chi connectivity index (χ4n) is 1.28. The van der Waals surface area contributed by atoms with Gasteiger partial charge in [-0.2, -0.15) is 0 Å². The van der Waals surface area contributed by atoms with Gasteiger partial charge in [-0.25, -0.2) is 0 Å². The smallest absolute Gasteiger partial charge is 0.123 e. The van der Waals surface area contributed by atoms with Crippen molar-refractivity contribution in [3.8, 4) is 0 Å². The van der Waals surface area contributed by atoms with E-state index in [0.29, 0.717) is 12.5 Å². The van der Waals surface area contributed by atoms with Gasteiger partial charge < -0.3 is 15.2 Å². The van der Waals surface area contributed by atoms with E-state index in [1.807, 2.05) is 6.08 Å². The molecule has 0 amide bonds. The second-order valence-electron chi connectivity index (χ2n) is 3.81. The van der Waals surface area contributed by atoms with Crippen LogP contribution in [0.2, 0.25) is 0 Å². The summed E-state index contributed by atoms with van der Waals surface area (Å²) in [7, 11) is 0. The fourth-order valence-corrected chi connectivity index (χ4v) is 1.28. The minimum Gasteiger partial charge on any atom is -0.495 e. The second kappa shape index (κ2) is 5.25. The Morgan fingerprint density at radius 3 is 2.85 bits per heavy atom. The van der Waals surface area contributed by atoms with Gasteiger partial charge in [0.15, 0.2) is 0 Å². The first kappa shape index (κ1) is 10.5. The van der Waals surface area contributed by atoms with Crippen molar-refractivity contribution >= 4 is 0 Å². The lowest BCUT2D eigenvalue weighted by Crippen LogP contribution is -2.30. The molecule has 13 heavy (non-hydrogen) atoms. The van der Waals surface area contributed by atoms with Crippen LogP contribution in [0, 0.1) is 5.92 Å². The lowest BCUT2D eigenvalue weighted by Gasteiger charge is -2.14. The van der Waals surface area contributed by atoms with E-state index < -0.39 is 6.10 Å². The summed E-state index contributed by atoms with van der Waals surface area (Å²) >= 11 is 0. The Bertz CT molecular complexity index is 178. The summed E-state index contributed by atoms with van der Waals surface area (Å²) in [6.07, 6.45) is 2.42. The van der Waals surface area contributed by atoms with Gasteiger partial charge >= 0.3 is 0 Å². The molecule has 1 rings (SSSR count). The lowest BCUT2D eigenvalue weighted by molar-refractivity contribution is 0.116. The van der Waals surface area contributed by atoms with Crippen LogP contribution in [0.1, 0.15) is 20.3 Å². The van der Waals surface area contributed by atoms with E-state index in [9.17, 15) is 5.11 Å². The highest BCUT2D eigenvalue weighted by atomic mass is 16.5. The van der Waals surface area contributed by atoms with Gasteiger partial charge in [-0.05, 0) is 18.5 Å². The van der Waals surface area contributed by atoms with Crippen molar-refractivity contribution in [3.63, 3.8) is 0 Å². The molecule has 0 saturated heterocycles. The molecular weight excluding hydrogens is 166 g/mol. The van der Waals surface area contributed by atoms with E-state index >= 15 is 0 Å². The van der Waals surface area contributed by atoms with E-state index in [0.717, 1.165) is 25.3 Å². The molecule has 1 atom stereocenters. The van der Waals surface area contributed by atoms with Gasteiger partial charge in [0.1, 0.15) is 11.9 Å². The molecule has 0 fully saturated rings. The summed E-state index contributed by atoms with van der Waals surface area (Å²) in [5.74, 6) is 1.35. The summed E-state index contributed by atoms with van der Waals surface area (Å²) in [4.78, 5) is 0. The molecule has 0 saturated carbocycles. The highest BCUT2D eigenvalue weighted by Gasteiger charge is 2.15. The molecule has 0 radical (unpaired) electrons. The van der Waals surface area contributed by atoms with Crippen LogP contribution in [0.25, 0.3) is 0 Å². The van der Waals surface area contributed by atoms with Gasteiger partial charge in [-0.1, -0.05) is 13.8 Å². The third-order valence-corrected chi connectivity index (χ3v) is 1.95. The molecule has 0 bridgehead atoms. The predicted octanol–water partition coefficient (Wildman–Crippen LogP) is 0.897. The van der Waals surface area contributed by atoms with Crippen LogP contribution in [-0.4, -0.2) is 30.9 Å². The zero-order valence-electron chi connectivity index (χ0n) is 8.42. The molecule has 0 aromatic carbocycles. The molecule has 0 aliphatic carbocycles. The summed E-state index contributed by atoms with van der Waals surface area (Å²) in [6, 6.07) is 0. The molecular formula is C10H19NO2. The maximum Gasteiger partial charge on any atom is 0.123 e. The first-order valence-electron chi connectivity index (χ1n) is 4.91. The summed E-state index contributed by atoms with van der Waals surface area (Å²) in [5, 5.41) is 12.8.